The van der Waals surface area contributed by atoms with Gasteiger partial charge in [-0.1, -0.05) is 276 Å². The molecule has 6 aromatic heterocycles. The predicted molar refractivity (Wildman–Crippen MR) is 464 cm³/mol. The van der Waals surface area contributed by atoms with E-state index in [0.717, 1.165) is 78.6 Å². The lowest BCUT2D eigenvalue weighted by Gasteiger charge is -2.21. The normalized spacial score (nSPS) is 13.2. The zero-order valence-corrected chi connectivity index (χ0v) is 62.5. The Bertz CT molecular complexity index is 7340. The first-order chi connectivity index (χ1) is 54.0. The van der Waals surface area contributed by atoms with Crippen LogP contribution in [0, 0.1) is 0 Å². The molecule has 6 heterocycles. The molecular weight excluding hydrogens is 1370 g/mol. The largest absolute Gasteiger partial charge is 0.309 e. The summed E-state index contributed by atoms with van der Waals surface area (Å²) in [5.41, 5.74) is 29.1. The Morgan fingerprint density at radius 1 is 0.245 bits per heavy atom. The molecule has 2 aliphatic carbocycles. The highest BCUT2D eigenvalue weighted by molar-refractivity contribution is 7.26. The van der Waals surface area contributed by atoms with E-state index in [1.807, 2.05) is 40.9 Å². The van der Waals surface area contributed by atoms with Crippen molar-refractivity contribution in [3.05, 3.63) is 362 Å². The summed E-state index contributed by atoms with van der Waals surface area (Å²) < 4.78 is 10.0. The summed E-state index contributed by atoms with van der Waals surface area (Å²) in [7, 11) is 0. The highest BCUT2D eigenvalue weighted by Gasteiger charge is 2.38. The number of fused-ring (bicyclic) bond motifs is 19. The number of aromatic nitrogens is 6. The highest BCUT2D eigenvalue weighted by atomic mass is 32.1. The Morgan fingerprint density at radius 2 is 0.664 bits per heavy atom. The zero-order valence-electron chi connectivity index (χ0n) is 60.8. The lowest BCUT2D eigenvalue weighted by Crippen LogP contribution is -2.15. The van der Waals surface area contributed by atoms with Gasteiger partial charge in [-0.05, 0) is 141 Å². The Kier molecular flexibility index (Phi) is 14.3. The molecular formula is C102H68N6S2. The minimum absolute atomic E-state index is 0.103. The third kappa shape index (κ3) is 9.92. The fraction of sp³-hybridized carbons (Fsp3) is 0.0588. The van der Waals surface area contributed by atoms with E-state index in [2.05, 4.69) is 358 Å². The molecule has 0 unspecified atom stereocenters. The van der Waals surface area contributed by atoms with Crippen LogP contribution in [-0.4, -0.2) is 29.1 Å². The maximum atomic E-state index is 5.38. The summed E-state index contributed by atoms with van der Waals surface area (Å²) in [6, 6.07) is 123. The van der Waals surface area contributed by atoms with E-state index < -0.39 is 0 Å². The molecule has 0 N–H and O–H groups in total. The van der Waals surface area contributed by atoms with E-state index in [-0.39, 0.29) is 10.8 Å². The van der Waals surface area contributed by atoms with Gasteiger partial charge in [0.1, 0.15) is 0 Å². The van der Waals surface area contributed by atoms with Crippen LogP contribution in [0.25, 0.3) is 196 Å². The van der Waals surface area contributed by atoms with Crippen molar-refractivity contribution in [3.8, 4) is 101 Å². The van der Waals surface area contributed by atoms with Crippen LogP contribution in [0.5, 0.6) is 0 Å². The lowest BCUT2D eigenvalue weighted by atomic mass is 9.82. The first-order valence-electron chi connectivity index (χ1n) is 37.7. The molecule has 21 aromatic rings. The fourth-order valence-corrected chi connectivity index (χ4v) is 20.5. The van der Waals surface area contributed by atoms with Crippen molar-refractivity contribution in [2.75, 3.05) is 0 Å². The van der Waals surface area contributed by atoms with Crippen molar-refractivity contribution in [1.29, 1.82) is 0 Å². The van der Waals surface area contributed by atoms with Crippen LogP contribution >= 0.6 is 22.7 Å². The molecule has 2 aliphatic rings. The van der Waals surface area contributed by atoms with Gasteiger partial charge in [0, 0.05) is 123 Å². The van der Waals surface area contributed by atoms with Crippen LogP contribution in [0.2, 0.25) is 0 Å². The molecule has 0 bridgehead atoms. The molecule has 0 saturated carbocycles. The van der Waals surface area contributed by atoms with Gasteiger partial charge >= 0.3 is 0 Å². The first-order valence-corrected chi connectivity index (χ1v) is 39.4. The van der Waals surface area contributed by atoms with Crippen LogP contribution in [0.1, 0.15) is 49.9 Å². The average Bonchev–Trinajstić information content (AvgIpc) is 1.55. The number of hydrogen-bond donors (Lipinski definition) is 0. The topological polar surface area (TPSA) is 61.4 Å². The van der Waals surface area contributed by atoms with Gasteiger partial charge in [0.2, 0.25) is 0 Å². The molecule has 8 heteroatoms. The van der Waals surface area contributed by atoms with E-state index in [1.165, 1.54) is 134 Å². The van der Waals surface area contributed by atoms with E-state index >= 15 is 0 Å². The fourth-order valence-electron chi connectivity index (χ4n) is 18.1. The van der Waals surface area contributed by atoms with Gasteiger partial charge in [0.05, 0.1) is 44.7 Å². The Hall–Kier alpha value is -13.2. The lowest BCUT2D eigenvalue weighted by molar-refractivity contribution is 0.661. The Morgan fingerprint density at radius 3 is 1.21 bits per heavy atom. The number of hydrogen-bond acceptors (Lipinski definition) is 6. The summed E-state index contributed by atoms with van der Waals surface area (Å²) in [4.78, 5) is 20.8. The van der Waals surface area contributed by atoms with Gasteiger partial charge in [-0.25, -0.2) is 19.9 Å². The third-order valence-electron chi connectivity index (χ3n) is 23.4. The van der Waals surface area contributed by atoms with Gasteiger partial charge in [0.15, 0.2) is 11.6 Å². The summed E-state index contributed by atoms with van der Waals surface area (Å²) in [5.74, 6) is 1.44. The van der Waals surface area contributed by atoms with E-state index in [9.17, 15) is 0 Å². The predicted octanol–water partition coefficient (Wildman–Crippen LogP) is 27.7. The second-order valence-electron chi connectivity index (χ2n) is 30.4. The van der Waals surface area contributed by atoms with E-state index in [1.54, 1.807) is 0 Å². The molecule has 0 amide bonds. The monoisotopic (exact) mass is 1440 g/mol. The average molecular weight is 1440 g/mol. The van der Waals surface area contributed by atoms with Gasteiger partial charge in [0.25, 0.3) is 0 Å². The minimum atomic E-state index is -0.110. The number of para-hydroxylation sites is 3. The van der Waals surface area contributed by atoms with Gasteiger partial charge < -0.3 is 9.13 Å². The molecule has 6 nitrogen and oxygen atoms in total. The van der Waals surface area contributed by atoms with Crippen LogP contribution in [0.15, 0.2) is 340 Å². The van der Waals surface area contributed by atoms with Gasteiger partial charge in [-0.2, -0.15) is 0 Å². The second-order valence-corrected chi connectivity index (χ2v) is 32.5. The summed E-state index contributed by atoms with van der Waals surface area (Å²) >= 11 is 3.71. The van der Waals surface area contributed by atoms with Gasteiger partial charge in [-0.15, -0.1) is 22.7 Å². The molecule has 0 saturated heterocycles. The van der Waals surface area contributed by atoms with Crippen LogP contribution in [0.3, 0.4) is 0 Å². The maximum Gasteiger partial charge on any atom is 0.160 e. The Balaban J connectivity index is 0.000000137. The SMILES string of the molecule is CC1(C)c2ccccc2-c2cc3c4ccccc4n(-c4cc(-c5cccc(-c6nc(-c7ccccc7)cc(-c7ccccc7)n6)c5)c5sc6ccccc6c5c4)c3cc21.CC1(C)c2ccccc2-c2cc3c4ccccc4n(-c4cc(-c5nc(-c6ccccc6)nc6ccccc56)c5sc6ccccc6c5c4)c3cc21. The van der Waals surface area contributed by atoms with Crippen molar-refractivity contribution in [2.45, 2.75) is 38.5 Å². The van der Waals surface area contributed by atoms with Crippen LogP contribution < -0.4 is 0 Å². The van der Waals surface area contributed by atoms with Gasteiger partial charge in [-0.3, -0.25) is 0 Å². The van der Waals surface area contributed by atoms with Crippen LogP contribution in [-0.2, 0) is 10.8 Å². The molecule has 518 valence electrons. The van der Waals surface area contributed by atoms with Crippen molar-refractivity contribution < 1.29 is 0 Å². The standard InChI is InChI=1S/C55H37N3S.C47H31N3S/c1-55(2)46-25-12-9-22-39(46)43-31-44-40-23-10-13-26-50(40)58(51(44)32-47(43)55)38-29-42(53-45(30-38)41-24-11-14-27-52(41)59-53)36-20-15-21-37(28-36)54-56-48(34-16-5-3-6-17-34)33-49(57-54)35-18-7-4-8-19-35;1-47(2)38-20-10-6-16-30(38)34-26-35-31-17-8-12-22-41(31)50(42(35)27-39(34)47)29-24-36-32-18-9-13-23-43(32)51-45(36)37(25-29)44-33-19-7-11-21-40(33)48-46(49-44)28-14-4-3-5-15-28/h3-33H,1-2H3;3-27H,1-2H3. The summed E-state index contributed by atoms with van der Waals surface area (Å²) in [5, 5.41) is 11.2. The first kappa shape index (κ1) is 64.0. The van der Waals surface area contributed by atoms with Crippen molar-refractivity contribution >= 4 is 118 Å². The molecule has 0 aliphatic heterocycles. The van der Waals surface area contributed by atoms with Crippen LogP contribution in [0.4, 0.5) is 0 Å². The Labute approximate surface area is 643 Å². The molecule has 23 rings (SSSR count). The van der Waals surface area contributed by atoms with Crippen molar-refractivity contribution in [2.24, 2.45) is 0 Å². The smallest absolute Gasteiger partial charge is 0.160 e. The number of nitrogens with zero attached hydrogens (tertiary/aromatic N) is 6. The van der Waals surface area contributed by atoms with Crippen molar-refractivity contribution in [3.63, 3.8) is 0 Å². The number of rotatable bonds is 8. The number of benzene rings is 15. The number of thiophene rings is 2. The third-order valence-corrected chi connectivity index (χ3v) is 25.8. The quantitative estimate of drug-likeness (QED) is 0.152. The maximum absolute atomic E-state index is 5.38. The molecule has 0 radical (unpaired) electrons. The summed E-state index contributed by atoms with van der Waals surface area (Å²) in [6.07, 6.45) is 0. The summed E-state index contributed by atoms with van der Waals surface area (Å²) in [6.45, 7) is 9.46. The van der Waals surface area contributed by atoms with Crippen molar-refractivity contribution in [1.82, 2.24) is 29.1 Å². The molecule has 0 atom stereocenters. The van der Waals surface area contributed by atoms with E-state index in [0.29, 0.717) is 5.82 Å². The molecule has 110 heavy (non-hydrogen) atoms. The molecule has 15 aromatic carbocycles. The molecule has 0 spiro atoms. The zero-order chi connectivity index (χ0) is 73.1. The minimum Gasteiger partial charge on any atom is -0.309 e. The van der Waals surface area contributed by atoms with E-state index in [4.69, 9.17) is 19.9 Å². The second kappa shape index (κ2) is 24.7. The highest BCUT2D eigenvalue weighted by Crippen LogP contribution is 2.55. The molecule has 0 fully saturated rings.